The third-order valence-electron chi connectivity index (χ3n) is 4.46. The van der Waals surface area contributed by atoms with E-state index in [0.717, 1.165) is 5.92 Å². The Labute approximate surface area is 130 Å². The predicted octanol–water partition coefficient (Wildman–Crippen LogP) is 6.64. The second kappa shape index (κ2) is 8.67. The summed E-state index contributed by atoms with van der Waals surface area (Å²) in [5.74, 6) is 1.09. The molecule has 1 fully saturated rings. The van der Waals surface area contributed by atoms with Crippen molar-refractivity contribution in [3.05, 3.63) is 60.2 Å². The normalized spacial score (nSPS) is 15.1. The summed E-state index contributed by atoms with van der Waals surface area (Å²) < 4.78 is 0. The van der Waals surface area contributed by atoms with Gasteiger partial charge in [0.05, 0.1) is 0 Å². The highest BCUT2D eigenvalue weighted by atomic mass is 14.2. The maximum Gasteiger partial charge on any atom is -0.0184 e. The summed E-state index contributed by atoms with van der Waals surface area (Å²) in [7, 11) is 0. The standard InChI is InChI=1S/C13H12.C8H16/c1-11-7-9-13(10-8-11)12-5-3-2-4-6-12;1-2-8-6-4-3-5-7-8/h2-10H,1H3;8H,2-7H2,1H3. The summed E-state index contributed by atoms with van der Waals surface area (Å²) in [6, 6.07) is 19.0. The van der Waals surface area contributed by atoms with Gasteiger partial charge in [-0.1, -0.05) is 106 Å². The van der Waals surface area contributed by atoms with Crippen molar-refractivity contribution in [2.24, 2.45) is 5.92 Å². The van der Waals surface area contributed by atoms with E-state index >= 15 is 0 Å². The molecule has 21 heavy (non-hydrogen) atoms. The van der Waals surface area contributed by atoms with Crippen LogP contribution in [-0.4, -0.2) is 0 Å². The molecule has 1 aliphatic carbocycles. The van der Waals surface area contributed by atoms with Crippen LogP contribution in [0.25, 0.3) is 11.1 Å². The number of aryl methyl sites for hydroxylation is 1. The Balaban J connectivity index is 0.000000173. The molecule has 3 rings (SSSR count). The Morgan fingerprint density at radius 1 is 0.762 bits per heavy atom. The van der Waals surface area contributed by atoms with Gasteiger partial charge in [-0.25, -0.2) is 0 Å². The highest BCUT2D eigenvalue weighted by Crippen LogP contribution is 2.25. The first kappa shape index (κ1) is 15.8. The van der Waals surface area contributed by atoms with Gasteiger partial charge in [-0.2, -0.15) is 0 Å². The minimum atomic E-state index is 1.09. The highest BCUT2D eigenvalue weighted by Gasteiger charge is 2.09. The Morgan fingerprint density at radius 3 is 1.86 bits per heavy atom. The van der Waals surface area contributed by atoms with Gasteiger partial charge in [-0.3, -0.25) is 0 Å². The van der Waals surface area contributed by atoms with E-state index in [1.54, 1.807) is 0 Å². The molecule has 0 heteroatoms. The van der Waals surface area contributed by atoms with E-state index in [0.29, 0.717) is 0 Å². The largest absolute Gasteiger partial charge is 0.0651 e. The first-order valence-corrected chi connectivity index (χ1v) is 8.41. The molecule has 1 aliphatic rings. The second-order valence-corrected chi connectivity index (χ2v) is 6.14. The average molecular weight is 280 g/mol. The van der Waals surface area contributed by atoms with Gasteiger partial charge >= 0.3 is 0 Å². The lowest BCUT2D eigenvalue weighted by atomic mass is 9.88. The van der Waals surface area contributed by atoms with E-state index in [4.69, 9.17) is 0 Å². The number of hydrogen-bond donors (Lipinski definition) is 0. The highest BCUT2D eigenvalue weighted by molar-refractivity contribution is 5.63. The molecule has 2 aromatic carbocycles. The molecular weight excluding hydrogens is 252 g/mol. The van der Waals surface area contributed by atoms with E-state index in [-0.39, 0.29) is 0 Å². The van der Waals surface area contributed by atoms with Crippen LogP contribution < -0.4 is 0 Å². The Kier molecular flexibility index (Phi) is 6.53. The summed E-state index contributed by atoms with van der Waals surface area (Å²) in [5, 5.41) is 0. The molecule has 0 bridgehead atoms. The van der Waals surface area contributed by atoms with Crippen LogP contribution in [0.1, 0.15) is 51.0 Å². The minimum absolute atomic E-state index is 1.09. The molecule has 2 aromatic rings. The van der Waals surface area contributed by atoms with Crippen LogP contribution in [0.2, 0.25) is 0 Å². The van der Waals surface area contributed by atoms with E-state index in [9.17, 15) is 0 Å². The SMILES string of the molecule is CCC1CCCCC1.Cc1ccc(-c2ccccc2)cc1. The molecular formula is C21H28. The summed E-state index contributed by atoms with van der Waals surface area (Å²) in [4.78, 5) is 0. The zero-order chi connectivity index (χ0) is 14.9. The minimum Gasteiger partial charge on any atom is -0.0651 e. The molecule has 0 unspecified atom stereocenters. The lowest BCUT2D eigenvalue weighted by Gasteiger charge is -2.18. The van der Waals surface area contributed by atoms with Gasteiger partial charge in [0.1, 0.15) is 0 Å². The predicted molar refractivity (Wildman–Crippen MR) is 93.5 cm³/mol. The Morgan fingerprint density at radius 2 is 1.33 bits per heavy atom. The average Bonchev–Trinajstić information content (AvgIpc) is 2.58. The van der Waals surface area contributed by atoms with Crippen LogP contribution in [0.15, 0.2) is 54.6 Å². The quantitative estimate of drug-likeness (QED) is 0.578. The molecule has 1 saturated carbocycles. The van der Waals surface area contributed by atoms with Gasteiger partial charge in [-0.15, -0.1) is 0 Å². The fraction of sp³-hybridized carbons (Fsp3) is 0.429. The maximum atomic E-state index is 2.32. The number of hydrogen-bond acceptors (Lipinski definition) is 0. The molecule has 0 aliphatic heterocycles. The molecule has 0 saturated heterocycles. The molecule has 0 atom stereocenters. The fourth-order valence-corrected chi connectivity index (χ4v) is 2.97. The summed E-state index contributed by atoms with van der Waals surface area (Å²) in [6.45, 7) is 4.42. The fourth-order valence-electron chi connectivity index (χ4n) is 2.97. The van der Waals surface area contributed by atoms with Crippen molar-refractivity contribution in [3.63, 3.8) is 0 Å². The molecule has 112 valence electrons. The summed E-state index contributed by atoms with van der Waals surface area (Å²) in [6.07, 6.45) is 8.93. The topological polar surface area (TPSA) is 0 Å². The molecule has 0 nitrogen and oxygen atoms in total. The van der Waals surface area contributed by atoms with Crippen molar-refractivity contribution in [1.29, 1.82) is 0 Å². The summed E-state index contributed by atoms with van der Waals surface area (Å²) >= 11 is 0. The second-order valence-electron chi connectivity index (χ2n) is 6.14. The van der Waals surface area contributed by atoms with Crippen molar-refractivity contribution in [2.45, 2.75) is 52.4 Å². The van der Waals surface area contributed by atoms with Crippen molar-refractivity contribution in [3.8, 4) is 11.1 Å². The third kappa shape index (κ3) is 5.38. The Bertz CT molecular complexity index is 489. The lowest BCUT2D eigenvalue weighted by molar-refractivity contribution is 0.349. The smallest absolute Gasteiger partial charge is 0.0184 e. The van der Waals surface area contributed by atoms with Gasteiger partial charge in [0, 0.05) is 0 Å². The zero-order valence-corrected chi connectivity index (χ0v) is 13.5. The van der Waals surface area contributed by atoms with Crippen LogP contribution in [0.4, 0.5) is 0 Å². The van der Waals surface area contributed by atoms with Crippen LogP contribution >= 0.6 is 0 Å². The lowest BCUT2D eigenvalue weighted by Crippen LogP contribution is -2.03. The van der Waals surface area contributed by atoms with Crippen molar-refractivity contribution in [2.75, 3.05) is 0 Å². The van der Waals surface area contributed by atoms with E-state index in [2.05, 4.69) is 62.4 Å². The van der Waals surface area contributed by atoms with E-state index in [1.807, 2.05) is 6.07 Å². The van der Waals surface area contributed by atoms with Gasteiger partial charge in [-0.05, 0) is 24.0 Å². The molecule has 0 amide bonds. The maximum absolute atomic E-state index is 2.32. The van der Waals surface area contributed by atoms with Gasteiger partial charge < -0.3 is 0 Å². The van der Waals surface area contributed by atoms with Crippen molar-refractivity contribution >= 4 is 0 Å². The van der Waals surface area contributed by atoms with Gasteiger partial charge in [0.15, 0.2) is 0 Å². The van der Waals surface area contributed by atoms with Crippen LogP contribution in [0, 0.1) is 12.8 Å². The van der Waals surface area contributed by atoms with Crippen molar-refractivity contribution in [1.82, 2.24) is 0 Å². The third-order valence-corrected chi connectivity index (χ3v) is 4.46. The van der Waals surface area contributed by atoms with Crippen LogP contribution in [-0.2, 0) is 0 Å². The number of benzene rings is 2. The van der Waals surface area contributed by atoms with Gasteiger partial charge in [0.25, 0.3) is 0 Å². The van der Waals surface area contributed by atoms with Gasteiger partial charge in [0.2, 0.25) is 0 Å². The van der Waals surface area contributed by atoms with Crippen molar-refractivity contribution < 1.29 is 0 Å². The molecule has 0 radical (unpaired) electrons. The van der Waals surface area contributed by atoms with E-state index < -0.39 is 0 Å². The molecule has 0 heterocycles. The molecule has 0 spiro atoms. The Hall–Kier alpha value is -1.56. The monoisotopic (exact) mass is 280 g/mol. The van der Waals surface area contributed by atoms with E-state index in [1.165, 1.54) is 55.2 Å². The zero-order valence-electron chi connectivity index (χ0n) is 13.5. The first-order valence-electron chi connectivity index (χ1n) is 8.41. The molecule has 0 N–H and O–H groups in total. The first-order chi connectivity index (χ1) is 10.3. The number of rotatable bonds is 2. The molecule has 0 aromatic heterocycles. The van der Waals surface area contributed by atoms with Crippen LogP contribution in [0.5, 0.6) is 0 Å². The summed E-state index contributed by atoms with van der Waals surface area (Å²) in [5.41, 5.74) is 3.87. The van der Waals surface area contributed by atoms with Crippen LogP contribution in [0.3, 0.4) is 0 Å².